The molecule has 0 amide bonds. The number of rotatable bonds is 25. The number of hydrogen-bond donors (Lipinski definition) is 2. The minimum Gasteiger partial charge on any atom is -0.328 e. The molecule has 3 N–H and O–H groups in total. The van der Waals surface area contributed by atoms with E-state index in [2.05, 4.69) is 25.0 Å². The molecule has 0 aromatic carbocycles. The molecule has 0 aliphatic carbocycles. The maximum Gasteiger partial charge on any atom is 0.397 e. The predicted molar refractivity (Wildman–Crippen MR) is 153 cm³/mol. The van der Waals surface area contributed by atoms with Gasteiger partial charge in [-0.05, 0) is 32.6 Å². The van der Waals surface area contributed by atoms with E-state index < -0.39 is 10.4 Å². The molecule has 1 atom stereocenters. The van der Waals surface area contributed by atoms with Crippen LogP contribution in [-0.4, -0.2) is 25.6 Å². The Morgan fingerprint density at radius 3 is 1.09 bits per heavy atom. The van der Waals surface area contributed by atoms with Crippen molar-refractivity contribution in [1.82, 2.24) is 0 Å². The zero-order valence-corrected chi connectivity index (χ0v) is 24.9. The molecule has 0 spiro atoms. The van der Waals surface area contributed by atoms with Crippen molar-refractivity contribution in [2.75, 3.05) is 6.61 Å². The van der Waals surface area contributed by atoms with Crippen molar-refractivity contribution in [3.63, 3.8) is 0 Å². The minimum absolute atomic E-state index is 0.0289. The molecule has 0 fully saturated rings. The first-order chi connectivity index (χ1) is 16.8. The van der Waals surface area contributed by atoms with Crippen LogP contribution in [0, 0.1) is 5.92 Å². The number of nitrogens with two attached hydrogens (primary N) is 1. The normalized spacial score (nSPS) is 12.5. The van der Waals surface area contributed by atoms with Crippen molar-refractivity contribution in [1.29, 1.82) is 0 Å². The van der Waals surface area contributed by atoms with Crippen LogP contribution in [0.4, 0.5) is 0 Å². The van der Waals surface area contributed by atoms with Gasteiger partial charge < -0.3 is 5.73 Å². The molecule has 0 radical (unpaired) electrons. The van der Waals surface area contributed by atoms with Gasteiger partial charge in [0.2, 0.25) is 0 Å². The van der Waals surface area contributed by atoms with E-state index in [4.69, 9.17) is 10.3 Å². The highest BCUT2D eigenvalue weighted by Crippen LogP contribution is 2.21. The molecule has 0 saturated heterocycles. The second-order valence-electron chi connectivity index (χ2n) is 10.4. The smallest absolute Gasteiger partial charge is 0.328 e. The third kappa shape index (κ3) is 33.8. The summed E-state index contributed by atoms with van der Waals surface area (Å²) in [5.41, 5.74) is 6.28. The topological polar surface area (TPSA) is 89.6 Å². The lowest BCUT2D eigenvalue weighted by molar-refractivity contribution is 0.283. The van der Waals surface area contributed by atoms with Gasteiger partial charge in [-0.1, -0.05) is 142 Å². The van der Waals surface area contributed by atoms with Gasteiger partial charge in [0.25, 0.3) is 0 Å². The fourth-order valence-electron chi connectivity index (χ4n) is 4.61. The van der Waals surface area contributed by atoms with E-state index >= 15 is 0 Å². The lowest BCUT2D eigenvalue weighted by Gasteiger charge is -2.20. The summed E-state index contributed by atoms with van der Waals surface area (Å²) in [5, 5.41) is 0. The van der Waals surface area contributed by atoms with E-state index in [-0.39, 0.29) is 6.61 Å². The molecule has 5 nitrogen and oxygen atoms in total. The van der Waals surface area contributed by atoms with Crippen molar-refractivity contribution < 1.29 is 17.2 Å². The van der Waals surface area contributed by atoms with Crippen LogP contribution in [0.5, 0.6) is 0 Å². The average molecular weight is 522 g/mol. The Morgan fingerprint density at radius 1 is 0.600 bits per heavy atom. The zero-order valence-electron chi connectivity index (χ0n) is 24.1. The van der Waals surface area contributed by atoms with E-state index in [1.807, 2.05) is 0 Å². The molecule has 0 rings (SSSR count). The van der Waals surface area contributed by atoms with Crippen molar-refractivity contribution >= 4 is 10.4 Å². The monoisotopic (exact) mass is 521 g/mol. The Hall–Kier alpha value is -0.170. The van der Waals surface area contributed by atoms with Gasteiger partial charge >= 0.3 is 10.4 Å². The number of hydrogen-bond acceptors (Lipinski definition) is 4. The van der Waals surface area contributed by atoms with Gasteiger partial charge in [-0.3, -0.25) is 4.55 Å². The quantitative estimate of drug-likeness (QED) is 0.0922. The molecule has 1 unspecified atom stereocenters. The van der Waals surface area contributed by atoms with Gasteiger partial charge in [-0.15, -0.1) is 0 Å². The first-order valence-corrected chi connectivity index (χ1v) is 16.5. The second-order valence-corrected chi connectivity index (χ2v) is 11.5. The van der Waals surface area contributed by atoms with Crippen molar-refractivity contribution in [3.05, 3.63) is 0 Å². The summed E-state index contributed by atoms with van der Waals surface area (Å²) < 4.78 is 30.7. The predicted octanol–water partition coefficient (Wildman–Crippen LogP) is 9.40. The molecule has 0 aromatic rings. The van der Waals surface area contributed by atoms with Crippen LogP contribution < -0.4 is 5.73 Å². The Bertz CT molecular complexity index is 473. The van der Waals surface area contributed by atoms with Crippen molar-refractivity contribution in [2.24, 2.45) is 11.7 Å². The first kappa shape index (κ1) is 37.0. The van der Waals surface area contributed by atoms with Crippen LogP contribution in [0.3, 0.4) is 0 Å². The van der Waals surface area contributed by atoms with Crippen molar-refractivity contribution in [2.45, 2.75) is 175 Å². The fourth-order valence-corrected chi connectivity index (χ4v) is 4.90. The van der Waals surface area contributed by atoms with E-state index in [1.54, 1.807) is 0 Å². The molecule has 6 heteroatoms. The van der Waals surface area contributed by atoms with Gasteiger partial charge in [0.15, 0.2) is 0 Å². The summed E-state index contributed by atoms with van der Waals surface area (Å²) in [7, 11) is -4.17. The molecular weight excluding hydrogens is 458 g/mol. The Balaban J connectivity index is 0. The maximum atomic E-state index is 9.56. The summed E-state index contributed by atoms with van der Waals surface area (Å²) in [5.74, 6) is 0.767. The average Bonchev–Trinajstić information content (AvgIpc) is 2.79. The largest absolute Gasteiger partial charge is 0.397 e. The Labute approximate surface area is 220 Å². The van der Waals surface area contributed by atoms with E-state index in [0.29, 0.717) is 6.04 Å². The van der Waals surface area contributed by atoms with Gasteiger partial charge in [0.1, 0.15) is 0 Å². The molecule has 0 heterocycles. The second kappa shape index (κ2) is 28.4. The summed E-state index contributed by atoms with van der Waals surface area (Å²) in [6.07, 6.45) is 31.4. The van der Waals surface area contributed by atoms with Gasteiger partial charge in [-0.25, -0.2) is 4.18 Å². The molecule has 35 heavy (non-hydrogen) atoms. The summed E-state index contributed by atoms with van der Waals surface area (Å²) >= 11 is 0. The van der Waals surface area contributed by atoms with Crippen LogP contribution in [0.25, 0.3) is 0 Å². The van der Waals surface area contributed by atoms with Crippen LogP contribution in [0.1, 0.15) is 169 Å². The summed E-state index contributed by atoms with van der Waals surface area (Å²) in [6, 6.07) is 0.386. The van der Waals surface area contributed by atoms with E-state index in [9.17, 15) is 8.42 Å². The first-order valence-electron chi connectivity index (χ1n) is 15.2. The Morgan fingerprint density at radius 2 is 0.886 bits per heavy atom. The van der Waals surface area contributed by atoms with Crippen LogP contribution in [-0.2, 0) is 14.6 Å². The van der Waals surface area contributed by atoms with E-state index in [0.717, 1.165) is 5.92 Å². The number of unbranched alkanes of at least 4 members (excludes halogenated alkanes) is 18. The standard InChI is InChI=1S/C27H57N.C2H6O4S/c1-4-6-8-10-12-14-16-18-20-22-24-27(26(3)28)25-23-21-19-17-15-13-11-9-7-5-2;1-2-6-7(3,4)5/h26-27H,4-25,28H2,1-3H3;2H2,1H3,(H,3,4,5). The van der Waals surface area contributed by atoms with Crippen LogP contribution in [0.2, 0.25) is 0 Å². The molecular formula is C29H63NO4S. The third-order valence-corrected chi connectivity index (χ3v) is 7.40. The van der Waals surface area contributed by atoms with E-state index in [1.165, 1.54) is 148 Å². The molecule has 0 aliphatic heterocycles. The Kier molecular flexibility index (Phi) is 30.0. The molecule has 0 aliphatic rings. The lowest BCUT2D eigenvalue weighted by Crippen LogP contribution is -2.26. The molecule has 214 valence electrons. The maximum absolute atomic E-state index is 9.56. The summed E-state index contributed by atoms with van der Waals surface area (Å²) in [6.45, 7) is 8.27. The van der Waals surface area contributed by atoms with Crippen LogP contribution in [0.15, 0.2) is 0 Å². The van der Waals surface area contributed by atoms with Gasteiger partial charge in [0, 0.05) is 6.04 Å². The van der Waals surface area contributed by atoms with Crippen LogP contribution >= 0.6 is 0 Å². The lowest BCUT2D eigenvalue weighted by atomic mass is 9.89. The molecule has 0 aromatic heterocycles. The minimum atomic E-state index is -4.17. The van der Waals surface area contributed by atoms with Crippen molar-refractivity contribution in [3.8, 4) is 0 Å². The highest BCUT2D eigenvalue weighted by molar-refractivity contribution is 7.80. The molecule has 0 saturated carbocycles. The highest BCUT2D eigenvalue weighted by atomic mass is 32.3. The van der Waals surface area contributed by atoms with Gasteiger partial charge in [0.05, 0.1) is 6.61 Å². The SMILES string of the molecule is CCCCCCCCCCCCC(CCCCCCCCCCCC)C(C)N.CCOS(=O)(=O)O. The third-order valence-electron chi connectivity index (χ3n) is 6.87. The fraction of sp³-hybridized carbons (Fsp3) is 1.00. The molecule has 0 bridgehead atoms. The highest BCUT2D eigenvalue weighted by Gasteiger charge is 2.12. The zero-order chi connectivity index (χ0) is 26.6. The summed E-state index contributed by atoms with van der Waals surface area (Å²) in [4.78, 5) is 0. The van der Waals surface area contributed by atoms with Gasteiger partial charge in [-0.2, -0.15) is 8.42 Å².